The molecule has 9 aromatic carbocycles. The number of aromatic nitrogens is 5. The first-order valence-electron chi connectivity index (χ1n) is 24.0. The van der Waals surface area contributed by atoms with Gasteiger partial charge in [0.1, 0.15) is 0 Å². The summed E-state index contributed by atoms with van der Waals surface area (Å²) >= 11 is 0. The fraction of sp³-hybridized carbons (Fsp3) is 0.0635. The van der Waals surface area contributed by atoms with Gasteiger partial charge in [0, 0.05) is 67.0 Å². The van der Waals surface area contributed by atoms with E-state index in [2.05, 4.69) is 225 Å². The van der Waals surface area contributed by atoms with E-state index in [1.54, 1.807) is 0 Å². The van der Waals surface area contributed by atoms with Crippen molar-refractivity contribution in [1.29, 1.82) is 0 Å². The second-order valence-electron chi connectivity index (χ2n) is 18.4. The summed E-state index contributed by atoms with van der Waals surface area (Å²) in [5.41, 5.74) is 16.3. The third kappa shape index (κ3) is 5.37. The maximum absolute atomic E-state index is 7.16. The minimum absolute atomic E-state index is 0.261. The molecule has 1 saturated heterocycles. The predicted molar refractivity (Wildman–Crippen MR) is 285 cm³/mol. The Kier molecular flexibility index (Phi) is 8.29. The molecule has 1 atom stereocenters. The number of para-hydroxylation sites is 8. The number of benzene rings is 9. The molecule has 6 heterocycles. The molecule has 0 spiro atoms. The Morgan fingerprint density at radius 3 is 0.957 bits per heavy atom. The van der Waals surface area contributed by atoms with Crippen LogP contribution in [0.5, 0.6) is 0 Å². The van der Waals surface area contributed by atoms with Crippen molar-refractivity contribution in [3.8, 4) is 34.0 Å². The van der Waals surface area contributed by atoms with E-state index in [1.165, 1.54) is 43.1 Å². The Hall–Kier alpha value is -8.71. The monoisotopic (exact) mass is 885 g/mol. The van der Waals surface area contributed by atoms with Crippen molar-refractivity contribution in [3.63, 3.8) is 0 Å². The lowest BCUT2D eigenvalue weighted by molar-refractivity contribution is 0.112. The van der Waals surface area contributed by atoms with Gasteiger partial charge in [-0.1, -0.05) is 152 Å². The highest BCUT2D eigenvalue weighted by Gasteiger charge is 2.38. The minimum Gasteiger partial charge on any atom is -0.373 e. The first-order valence-corrected chi connectivity index (χ1v) is 24.0. The van der Waals surface area contributed by atoms with Gasteiger partial charge < -0.3 is 23.0 Å². The Bertz CT molecular complexity index is 4180. The maximum Gasteiger partial charge on any atom is 0.0976 e. The van der Waals surface area contributed by atoms with Crippen molar-refractivity contribution in [2.45, 2.75) is 18.9 Å². The van der Waals surface area contributed by atoms with Crippen LogP contribution in [0, 0.1) is 0 Å². The van der Waals surface area contributed by atoms with E-state index in [0.29, 0.717) is 6.61 Å². The summed E-state index contributed by atoms with van der Waals surface area (Å²) in [6.45, 7) is 0.670. The molecule has 0 bridgehead atoms. The summed E-state index contributed by atoms with van der Waals surface area (Å²) in [5.74, 6) is 0. The molecule has 326 valence electrons. The molecule has 0 amide bonds. The van der Waals surface area contributed by atoms with Crippen LogP contribution in [-0.2, 0) is 4.74 Å². The van der Waals surface area contributed by atoms with Gasteiger partial charge in [0.15, 0.2) is 0 Å². The molecular weight excluding hydrogens is 843 g/mol. The molecule has 6 nitrogen and oxygen atoms in total. The zero-order chi connectivity index (χ0) is 45.2. The van der Waals surface area contributed by atoms with Crippen LogP contribution in [0.25, 0.3) is 121 Å². The van der Waals surface area contributed by atoms with Crippen molar-refractivity contribution in [1.82, 2.24) is 23.3 Å². The zero-order valence-corrected chi connectivity index (χ0v) is 37.6. The second-order valence-corrected chi connectivity index (χ2v) is 18.4. The van der Waals surface area contributed by atoms with Crippen LogP contribution < -0.4 is 0 Å². The molecule has 1 fully saturated rings. The average molecular weight is 886 g/mol. The van der Waals surface area contributed by atoms with Crippen LogP contribution in [-0.4, -0.2) is 29.9 Å². The van der Waals surface area contributed by atoms with Crippen LogP contribution in [0.3, 0.4) is 0 Å². The lowest BCUT2D eigenvalue weighted by atomic mass is 9.90. The highest BCUT2D eigenvalue weighted by atomic mass is 16.5. The van der Waals surface area contributed by atoms with E-state index < -0.39 is 0 Å². The number of pyridine rings is 1. The number of hydrogen-bond donors (Lipinski definition) is 0. The van der Waals surface area contributed by atoms with Gasteiger partial charge in [0.2, 0.25) is 0 Å². The summed E-state index contributed by atoms with van der Waals surface area (Å²) in [7, 11) is 0. The number of ether oxygens (including phenoxy) is 1. The highest BCUT2D eigenvalue weighted by molar-refractivity contribution is 6.17. The average Bonchev–Trinajstić information content (AvgIpc) is 4.26. The van der Waals surface area contributed by atoms with Crippen molar-refractivity contribution in [3.05, 3.63) is 224 Å². The van der Waals surface area contributed by atoms with E-state index in [4.69, 9.17) is 9.72 Å². The minimum atomic E-state index is -0.261. The summed E-state index contributed by atoms with van der Waals surface area (Å²) in [4.78, 5) is 5.40. The molecule has 0 aliphatic carbocycles. The van der Waals surface area contributed by atoms with Gasteiger partial charge in [-0.3, -0.25) is 4.98 Å². The molecule has 6 heteroatoms. The van der Waals surface area contributed by atoms with E-state index in [1.807, 2.05) is 12.3 Å². The summed E-state index contributed by atoms with van der Waals surface area (Å²) < 4.78 is 17.4. The third-order valence-electron chi connectivity index (χ3n) is 14.8. The fourth-order valence-corrected chi connectivity index (χ4v) is 12.1. The Morgan fingerprint density at radius 1 is 0.333 bits per heavy atom. The maximum atomic E-state index is 7.16. The van der Waals surface area contributed by atoms with Crippen molar-refractivity contribution >= 4 is 87.2 Å². The largest absolute Gasteiger partial charge is 0.373 e. The third-order valence-corrected chi connectivity index (χ3v) is 14.8. The van der Waals surface area contributed by atoms with Gasteiger partial charge in [-0.2, -0.15) is 0 Å². The predicted octanol–water partition coefficient (Wildman–Crippen LogP) is 16.0. The van der Waals surface area contributed by atoms with E-state index >= 15 is 0 Å². The number of nitrogens with zero attached hydrogens (tertiary/aromatic N) is 5. The van der Waals surface area contributed by atoms with Crippen LogP contribution in [0.1, 0.15) is 24.5 Å². The van der Waals surface area contributed by atoms with Gasteiger partial charge in [0.05, 0.1) is 78.7 Å². The number of rotatable bonds is 6. The molecule has 69 heavy (non-hydrogen) atoms. The standard InChI is InChI=1S/C63H43N5O/c1-9-29-49-40(20-1)41-21-2-10-30-50(41)65(49)60-58(48-28-17-18-38-64-48)59(57-37-19-39-69-57)61(66-51-31-11-3-22-42(51)43-23-4-12-32-52(43)66)63(68-55-35-15-7-26-46(55)47-27-8-16-36-56(47)68)62(60)67-53-33-13-5-24-44(53)45-25-6-14-34-54(45)67/h1-18,20-36,38,57H,19,37,39H2. The molecular formula is C63H43N5O. The normalized spacial score (nSPS) is 14.3. The summed E-state index contributed by atoms with van der Waals surface area (Å²) in [6.07, 6.45) is 3.49. The van der Waals surface area contributed by atoms with E-state index in [-0.39, 0.29) is 6.10 Å². The van der Waals surface area contributed by atoms with E-state index in [9.17, 15) is 0 Å². The number of fused-ring (bicyclic) bond motifs is 12. The molecule has 5 aromatic heterocycles. The highest BCUT2D eigenvalue weighted by Crippen LogP contribution is 2.54. The van der Waals surface area contributed by atoms with Gasteiger partial charge >= 0.3 is 0 Å². The molecule has 0 saturated carbocycles. The molecule has 1 aliphatic heterocycles. The molecule has 0 N–H and O–H groups in total. The van der Waals surface area contributed by atoms with Crippen LogP contribution in [0.2, 0.25) is 0 Å². The van der Waals surface area contributed by atoms with Crippen molar-refractivity contribution in [2.24, 2.45) is 0 Å². The molecule has 1 aliphatic rings. The van der Waals surface area contributed by atoms with Crippen molar-refractivity contribution < 1.29 is 4.74 Å². The Labute approximate surface area is 397 Å². The molecule has 15 rings (SSSR count). The Morgan fingerprint density at radius 2 is 0.638 bits per heavy atom. The second kappa shape index (κ2) is 14.9. The first kappa shape index (κ1) is 38.4. The zero-order valence-electron chi connectivity index (χ0n) is 37.6. The smallest absolute Gasteiger partial charge is 0.0976 e. The SMILES string of the molecule is c1ccc(-c2c(C3CCCO3)c(-n3c4ccccc4c4ccccc43)c(-n3c4ccccc4c4ccccc43)c(-n3c4ccccc4c4ccccc43)c2-n2c3ccccc3c3ccccc32)nc1. The topological polar surface area (TPSA) is 41.8 Å². The first-order chi connectivity index (χ1) is 34.3. The fourth-order valence-electron chi connectivity index (χ4n) is 12.1. The van der Waals surface area contributed by atoms with Crippen LogP contribution >= 0.6 is 0 Å². The van der Waals surface area contributed by atoms with Gasteiger partial charge in [-0.15, -0.1) is 0 Å². The van der Waals surface area contributed by atoms with Gasteiger partial charge in [0.25, 0.3) is 0 Å². The van der Waals surface area contributed by atoms with Gasteiger partial charge in [-0.25, -0.2) is 0 Å². The van der Waals surface area contributed by atoms with E-state index in [0.717, 1.165) is 96.5 Å². The van der Waals surface area contributed by atoms with Gasteiger partial charge in [-0.05, 0) is 73.5 Å². The molecule has 0 radical (unpaired) electrons. The lowest BCUT2D eigenvalue weighted by Crippen LogP contribution is -2.19. The Balaban J connectivity index is 1.34. The quantitative estimate of drug-likeness (QED) is 0.167. The summed E-state index contributed by atoms with van der Waals surface area (Å²) in [5, 5.41) is 9.55. The lowest BCUT2D eigenvalue weighted by Gasteiger charge is -2.32. The molecule has 14 aromatic rings. The number of hydrogen-bond acceptors (Lipinski definition) is 2. The van der Waals surface area contributed by atoms with Crippen molar-refractivity contribution in [2.75, 3.05) is 6.61 Å². The molecule has 1 unspecified atom stereocenters. The summed E-state index contributed by atoms with van der Waals surface area (Å²) in [6, 6.07) is 77.8. The van der Waals surface area contributed by atoms with Crippen LogP contribution in [0.4, 0.5) is 0 Å². The van der Waals surface area contributed by atoms with Crippen LogP contribution in [0.15, 0.2) is 219 Å².